The molecule has 0 spiro atoms. The summed E-state index contributed by atoms with van der Waals surface area (Å²) in [5.41, 5.74) is 6.18. The number of unbranched alkanes of at least 4 members (excludes halogenated alkanes) is 1. The van der Waals surface area contributed by atoms with E-state index in [4.69, 9.17) is 5.73 Å². The molecule has 4 N–H and O–H groups in total. The molecule has 1 aromatic rings. The van der Waals surface area contributed by atoms with E-state index < -0.39 is 11.9 Å². The standard InChI is InChI=1S/C15H21N3O3/c1-3-4-8-13(14(16)20)18-15(21)11-6-5-7-12(9-11)17-10(2)19/h5-7,9,13H,3-4,8H2,1-2H3,(H2,16,20)(H,17,19)(H,18,21)/t13-/m0/s1. The molecule has 0 fully saturated rings. The number of hydrogen-bond donors (Lipinski definition) is 3. The Hall–Kier alpha value is -2.37. The molecule has 0 aromatic heterocycles. The van der Waals surface area contributed by atoms with E-state index in [0.717, 1.165) is 12.8 Å². The fourth-order valence-corrected chi connectivity index (χ4v) is 1.88. The number of benzene rings is 1. The van der Waals surface area contributed by atoms with E-state index in [1.807, 2.05) is 6.92 Å². The Kier molecular flexibility index (Phi) is 6.39. The quantitative estimate of drug-likeness (QED) is 0.708. The Bertz CT molecular complexity index is 529. The topological polar surface area (TPSA) is 101 Å². The van der Waals surface area contributed by atoms with Crippen LogP contribution >= 0.6 is 0 Å². The molecule has 0 aliphatic heterocycles. The molecule has 6 nitrogen and oxygen atoms in total. The zero-order chi connectivity index (χ0) is 15.8. The molecule has 114 valence electrons. The first kappa shape index (κ1) is 16.7. The van der Waals surface area contributed by atoms with E-state index in [1.165, 1.54) is 6.92 Å². The zero-order valence-corrected chi connectivity index (χ0v) is 12.3. The maximum atomic E-state index is 12.1. The molecule has 1 aromatic carbocycles. The SMILES string of the molecule is CCCC[C@H](NC(=O)c1cccc(NC(C)=O)c1)C(N)=O. The molecule has 1 atom stereocenters. The van der Waals surface area contributed by atoms with Gasteiger partial charge in [0.1, 0.15) is 6.04 Å². The second kappa shape index (κ2) is 8.04. The number of rotatable bonds is 7. The van der Waals surface area contributed by atoms with Gasteiger partial charge < -0.3 is 16.4 Å². The largest absolute Gasteiger partial charge is 0.368 e. The van der Waals surface area contributed by atoms with Crippen molar-refractivity contribution >= 4 is 23.4 Å². The molecule has 0 bridgehead atoms. The molecular weight excluding hydrogens is 270 g/mol. The van der Waals surface area contributed by atoms with Gasteiger partial charge in [0.25, 0.3) is 5.91 Å². The van der Waals surface area contributed by atoms with E-state index in [1.54, 1.807) is 24.3 Å². The second-order valence-electron chi connectivity index (χ2n) is 4.83. The van der Waals surface area contributed by atoms with Crippen LogP contribution in [-0.2, 0) is 9.59 Å². The normalized spacial score (nSPS) is 11.5. The van der Waals surface area contributed by atoms with Gasteiger partial charge >= 0.3 is 0 Å². The fraction of sp³-hybridized carbons (Fsp3) is 0.400. The van der Waals surface area contributed by atoms with Crippen molar-refractivity contribution in [1.29, 1.82) is 0 Å². The lowest BCUT2D eigenvalue weighted by Gasteiger charge is -2.15. The summed E-state index contributed by atoms with van der Waals surface area (Å²) >= 11 is 0. The lowest BCUT2D eigenvalue weighted by Crippen LogP contribution is -2.44. The average Bonchev–Trinajstić information content (AvgIpc) is 2.42. The number of hydrogen-bond acceptors (Lipinski definition) is 3. The van der Waals surface area contributed by atoms with Crippen LogP contribution in [0.15, 0.2) is 24.3 Å². The number of nitrogens with one attached hydrogen (secondary N) is 2. The van der Waals surface area contributed by atoms with E-state index in [2.05, 4.69) is 10.6 Å². The van der Waals surface area contributed by atoms with Crippen LogP contribution in [0.4, 0.5) is 5.69 Å². The van der Waals surface area contributed by atoms with Gasteiger partial charge in [-0.2, -0.15) is 0 Å². The van der Waals surface area contributed by atoms with Gasteiger partial charge in [-0.1, -0.05) is 25.8 Å². The molecule has 3 amide bonds. The first-order valence-electron chi connectivity index (χ1n) is 6.92. The summed E-state index contributed by atoms with van der Waals surface area (Å²) in [4.78, 5) is 34.5. The average molecular weight is 291 g/mol. The molecule has 0 saturated heterocycles. The molecule has 0 aliphatic carbocycles. The number of carbonyl (C=O) groups excluding carboxylic acids is 3. The predicted octanol–water partition coefficient (Wildman–Crippen LogP) is 1.42. The molecule has 1 rings (SSSR count). The highest BCUT2D eigenvalue weighted by atomic mass is 16.2. The van der Waals surface area contributed by atoms with Crippen molar-refractivity contribution in [2.75, 3.05) is 5.32 Å². The van der Waals surface area contributed by atoms with Gasteiger partial charge in [-0.3, -0.25) is 14.4 Å². The Labute approximate surface area is 124 Å². The zero-order valence-electron chi connectivity index (χ0n) is 12.3. The summed E-state index contributed by atoms with van der Waals surface area (Å²) in [7, 11) is 0. The number of anilines is 1. The summed E-state index contributed by atoms with van der Waals surface area (Å²) < 4.78 is 0. The molecule has 0 saturated carbocycles. The van der Waals surface area contributed by atoms with Crippen LogP contribution < -0.4 is 16.4 Å². The highest BCUT2D eigenvalue weighted by molar-refractivity contribution is 5.99. The molecular formula is C15H21N3O3. The van der Waals surface area contributed by atoms with Crippen LogP contribution in [0.1, 0.15) is 43.5 Å². The van der Waals surface area contributed by atoms with Gasteiger partial charge in [0, 0.05) is 18.2 Å². The first-order chi connectivity index (χ1) is 9.93. The molecule has 6 heteroatoms. The second-order valence-corrected chi connectivity index (χ2v) is 4.83. The smallest absolute Gasteiger partial charge is 0.252 e. The summed E-state index contributed by atoms with van der Waals surface area (Å²) in [5, 5.41) is 5.22. The summed E-state index contributed by atoms with van der Waals surface area (Å²) in [6.07, 6.45) is 2.24. The number of nitrogens with two attached hydrogens (primary N) is 1. The third-order valence-corrected chi connectivity index (χ3v) is 2.94. The Morgan fingerprint density at radius 3 is 2.57 bits per heavy atom. The summed E-state index contributed by atoms with van der Waals surface area (Å²) in [5.74, 6) is -1.15. The number of amides is 3. The lowest BCUT2D eigenvalue weighted by atomic mass is 10.1. The minimum Gasteiger partial charge on any atom is -0.368 e. The van der Waals surface area contributed by atoms with Gasteiger partial charge in [-0.05, 0) is 24.6 Å². The van der Waals surface area contributed by atoms with Gasteiger partial charge in [-0.15, -0.1) is 0 Å². The molecule has 0 unspecified atom stereocenters. The van der Waals surface area contributed by atoms with Crippen molar-refractivity contribution in [1.82, 2.24) is 5.32 Å². The van der Waals surface area contributed by atoms with E-state index in [0.29, 0.717) is 17.7 Å². The van der Waals surface area contributed by atoms with Gasteiger partial charge in [0.15, 0.2) is 0 Å². The van der Waals surface area contributed by atoms with Gasteiger partial charge in [0.05, 0.1) is 0 Å². The van der Waals surface area contributed by atoms with Crippen LogP contribution in [0.5, 0.6) is 0 Å². The highest BCUT2D eigenvalue weighted by Gasteiger charge is 2.18. The van der Waals surface area contributed by atoms with Crippen LogP contribution in [0, 0.1) is 0 Å². The Balaban J connectivity index is 2.77. The third kappa shape index (κ3) is 5.64. The van der Waals surface area contributed by atoms with Crippen molar-refractivity contribution in [2.24, 2.45) is 5.73 Å². The van der Waals surface area contributed by atoms with Crippen LogP contribution in [-0.4, -0.2) is 23.8 Å². The lowest BCUT2D eigenvalue weighted by molar-refractivity contribution is -0.120. The predicted molar refractivity (Wildman–Crippen MR) is 80.7 cm³/mol. The van der Waals surface area contributed by atoms with Gasteiger partial charge in [0.2, 0.25) is 11.8 Å². The van der Waals surface area contributed by atoms with Crippen molar-refractivity contribution in [3.8, 4) is 0 Å². The third-order valence-electron chi connectivity index (χ3n) is 2.94. The van der Waals surface area contributed by atoms with Crippen molar-refractivity contribution in [3.05, 3.63) is 29.8 Å². The maximum absolute atomic E-state index is 12.1. The van der Waals surface area contributed by atoms with Crippen LogP contribution in [0.25, 0.3) is 0 Å². The number of primary amides is 1. The first-order valence-corrected chi connectivity index (χ1v) is 6.92. The van der Waals surface area contributed by atoms with Gasteiger partial charge in [-0.25, -0.2) is 0 Å². The molecule has 0 radical (unpaired) electrons. The molecule has 0 heterocycles. The Morgan fingerprint density at radius 2 is 2.00 bits per heavy atom. The van der Waals surface area contributed by atoms with Crippen LogP contribution in [0.2, 0.25) is 0 Å². The van der Waals surface area contributed by atoms with Crippen molar-refractivity contribution in [2.45, 2.75) is 39.2 Å². The molecule has 0 aliphatic rings. The van der Waals surface area contributed by atoms with E-state index >= 15 is 0 Å². The summed E-state index contributed by atoms with van der Waals surface area (Å²) in [6.45, 7) is 3.39. The summed E-state index contributed by atoms with van der Waals surface area (Å²) in [6, 6.07) is 5.82. The van der Waals surface area contributed by atoms with Crippen molar-refractivity contribution < 1.29 is 14.4 Å². The van der Waals surface area contributed by atoms with E-state index in [-0.39, 0.29) is 11.8 Å². The van der Waals surface area contributed by atoms with E-state index in [9.17, 15) is 14.4 Å². The minimum atomic E-state index is -0.679. The Morgan fingerprint density at radius 1 is 1.29 bits per heavy atom. The minimum absolute atomic E-state index is 0.217. The molecule has 21 heavy (non-hydrogen) atoms. The number of carbonyl (C=O) groups is 3. The monoisotopic (exact) mass is 291 g/mol. The fourth-order valence-electron chi connectivity index (χ4n) is 1.88. The maximum Gasteiger partial charge on any atom is 0.252 e. The van der Waals surface area contributed by atoms with Crippen molar-refractivity contribution in [3.63, 3.8) is 0 Å². The highest BCUT2D eigenvalue weighted by Crippen LogP contribution is 2.11. The van der Waals surface area contributed by atoms with Crippen LogP contribution in [0.3, 0.4) is 0 Å².